The Morgan fingerprint density at radius 3 is 2.33 bits per heavy atom. The van der Waals surface area contributed by atoms with E-state index >= 15 is 0 Å². The summed E-state index contributed by atoms with van der Waals surface area (Å²) in [4.78, 5) is 28.2. The van der Waals surface area contributed by atoms with Crippen molar-refractivity contribution in [1.29, 1.82) is 0 Å². The number of hydrazone groups is 1. The van der Waals surface area contributed by atoms with Gasteiger partial charge in [0, 0.05) is 37.9 Å². The molecule has 0 bridgehead atoms. The first-order valence-corrected chi connectivity index (χ1v) is 13.7. The third-order valence-electron chi connectivity index (χ3n) is 7.91. The Balaban J connectivity index is 0.000000472. The van der Waals surface area contributed by atoms with Gasteiger partial charge in [0.2, 0.25) is 0 Å². The maximum absolute atomic E-state index is 12.5. The molecule has 3 aliphatic heterocycles. The molecule has 1 unspecified atom stereocenters. The fourth-order valence-electron chi connectivity index (χ4n) is 5.56. The number of carbonyl (C=O) groups is 2. The molecule has 3 aliphatic rings. The number of alkyl halides is 3. The zero-order chi connectivity index (χ0) is 30.9. The maximum atomic E-state index is 12.5. The van der Waals surface area contributed by atoms with Gasteiger partial charge in [0.25, 0.3) is 5.91 Å². The number of hydrogen-bond donors (Lipinski definition) is 2. The molecular formula is C31H32F3N5O4. The molecule has 6 rings (SSSR count). The molecule has 0 aromatic heterocycles. The highest BCUT2D eigenvalue weighted by Gasteiger charge is 2.44. The number of hydrogen-bond acceptors (Lipinski definition) is 7. The number of likely N-dealkylation sites (tertiary alicyclic amines) is 1. The highest BCUT2D eigenvalue weighted by molar-refractivity contribution is 6.10. The molecule has 9 nitrogen and oxygen atoms in total. The Labute approximate surface area is 247 Å². The summed E-state index contributed by atoms with van der Waals surface area (Å²) in [5.41, 5.74) is 8.18. The number of anilines is 2. The minimum Gasteiger partial charge on any atom is -0.483 e. The predicted octanol–water partition coefficient (Wildman–Crippen LogP) is 4.73. The smallest absolute Gasteiger partial charge is 0.483 e. The molecule has 1 fully saturated rings. The molecule has 43 heavy (non-hydrogen) atoms. The normalized spacial score (nSPS) is 18.8. The lowest BCUT2D eigenvalue weighted by atomic mass is 9.88. The summed E-state index contributed by atoms with van der Waals surface area (Å²) in [5.74, 6) is -1.38. The van der Waals surface area contributed by atoms with E-state index in [-0.39, 0.29) is 17.5 Å². The number of fused-ring (bicyclic) bond motifs is 3. The monoisotopic (exact) mass is 595 g/mol. The van der Waals surface area contributed by atoms with Crippen molar-refractivity contribution in [2.75, 3.05) is 36.5 Å². The van der Waals surface area contributed by atoms with Gasteiger partial charge in [-0.05, 0) is 37.1 Å². The van der Waals surface area contributed by atoms with Crippen LogP contribution in [0, 0.1) is 0 Å². The quantitative estimate of drug-likeness (QED) is 0.440. The molecule has 2 N–H and O–H groups in total. The zero-order valence-electron chi connectivity index (χ0n) is 23.9. The van der Waals surface area contributed by atoms with Crippen LogP contribution in [0.25, 0.3) is 11.1 Å². The molecule has 0 aliphatic carbocycles. The minimum absolute atomic E-state index is 0.0239. The molecule has 0 spiro atoms. The maximum Gasteiger partial charge on any atom is 0.490 e. The summed E-state index contributed by atoms with van der Waals surface area (Å²) in [5, 5.41) is 11.4. The average molecular weight is 596 g/mol. The topological polar surface area (TPSA) is 97.7 Å². The van der Waals surface area contributed by atoms with Crippen LogP contribution in [0.1, 0.15) is 19.4 Å². The zero-order valence-corrected chi connectivity index (χ0v) is 23.9. The van der Waals surface area contributed by atoms with Crippen LogP contribution in [0.3, 0.4) is 0 Å². The van der Waals surface area contributed by atoms with Crippen LogP contribution in [0.4, 0.5) is 24.5 Å². The number of amidine groups is 1. The lowest BCUT2D eigenvalue weighted by molar-refractivity contribution is -0.192. The molecule has 1 saturated heterocycles. The summed E-state index contributed by atoms with van der Waals surface area (Å²) in [6.07, 6.45) is -5.08. The highest BCUT2D eigenvalue weighted by atomic mass is 19.4. The van der Waals surface area contributed by atoms with E-state index in [0.29, 0.717) is 6.61 Å². The van der Waals surface area contributed by atoms with Gasteiger partial charge in [0.05, 0.1) is 11.2 Å². The predicted molar refractivity (Wildman–Crippen MR) is 157 cm³/mol. The van der Waals surface area contributed by atoms with E-state index in [0.717, 1.165) is 53.7 Å². The second kappa shape index (κ2) is 11.6. The minimum atomic E-state index is -5.08. The van der Waals surface area contributed by atoms with Crippen LogP contribution < -0.4 is 20.0 Å². The number of amides is 1. The summed E-state index contributed by atoms with van der Waals surface area (Å²) in [7, 11) is 2.18. The Morgan fingerprint density at radius 2 is 1.72 bits per heavy atom. The molecule has 1 amide bonds. The van der Waals surface area contributed by atoms with Crippen molar-refractivity contribution in [3.8, 4) is 16.9 Å². The van der Waals surface area contributed by atoms with Crippen LogP contribution in [-0.4, -0.2) is 72.2 Å². The number of ether oxygens (including phenoxy) is 1. The lowest BCUT2D eigenvalue weighted by Gasteiger charge is -2.54. The van der Waals surface area contributed by atoms with Gasteiger partial charge in [-0.15, -0.1) is 0 Å². The van der Waals surface area contributed by atoms with Crippen LogP contribution in [0.15, 0.2) is 77.9 Å². The van der Waals surface area contributed by atoms with E-state index in [1.807, 2.05) is 17.9 Å². The van der Waals surface area contributed by atoms with Gasteiger partial charge >= 0.3 is 12.1 Å². The van der Waals surface area contributed by atoms with Gasteiger partial charge in [-0.2, -0.15) is 18.3 Å². The number of carboxylic acids is 1. The number of likely N-dealkylation sites (N-methyl/N-ethyl adjacent to an activating group) is 1. The molecular weight excluding hydrogens is 563 g/mol. The number of carbonyl (C=O) groups excluding carboxylic acids is 1. The average Bonchev–Trinajstić information content (AvgIpc) is 2.97. The summed E-state index contributed by atoms with van der Waals surface area (Å²) < 4.78 is 37.9. The van der Waals surface area contributed by atoms with E-state index in [1.54, 1.807) is 0 Å². The number of nitrogens with one attached hydrogen (secondary N) is 1. The second-order valence-corrected chi connectivity index (χ2v) is 11.0. The van der Waals surface area contributed by atoms with Gasteiger partial charge in [-0.1, -0.05) is 60.7 Å². The third kappa shape index (κ3) is 6.14. The van der Waals surface area contributed by atoms with Gasteiger partial charge < -0.3 is 19.6 Å². The highest BCUT2D eigenvalue weighted by Crippen LogP contribution is 2.46. The van der Waals surface area contributed by atoms with Gasteiger partial charge in [-0.25, -0.2) is 10.2 Å². The number of benzene rings is 3. The third-order valence-corrected chi connectivity index (χ3v) is 7.91. The molecule has 3 heterocycles. The van der Waals surface area contributed by atoms with E-state index in [9.17, 15) is 18.0 Å². The molecule has 12 heteroatoms. The van der Waals surface area contributed by atoms with Crippen molar-refractivity contribution in [3.63, 3.8) is 0 Å². The van der Waals surface area contributed by atoms with Crippen molar-refractivity contribution in [1.82, 2.24) is 10.3 Å². The van der Waals surface area contributed by atoms with E-state index in [1.165, 1.54) is 5.56 Å². The van der Waals surface area contributed by atoms with Crippen molar-refractivity contribution in [2.24, 2.45) is 5.10 Å². The Bertz CT molecular complexity index is 1530. The standard InChI is InChI=1S/C29H31N5O2.C2HF3O2/c1-20-28(35)31-30-27-17-36-26-14-23(22-12-8-5-9-13-22)24(15-25(26)34(20)27)32(3)29(2)18-33(19-29)16-21-10-6-4-7-11-21;3-2(4,5)1(6)7/h4-15,20H,16-19H2,1-3H3,(H,31,35);(H,6,7). The Morgan fingerprint density at radius 1 is 1.12 bits per heavy atom. The molecule has 3 aromatic carbocycles. The molecule has 0 saturated carbocycles. The number of nitrogens with zero attached hydrogens (tertiary/aromatic N) is 4. The number of rotatable bonds is 5. The van der Waals surface area contributed by atoms with Crippen molar-refractivity contribution >= 4 is 29.1 Å². The summed E-state index contributed by atoms with van der Waals surface area (Å²) >= 11 is 0. The number of carboxylic acid groups (broad SMARTS) is 1. The first kappa shape index (κ1) is 29.9. The van der Waals surface area contributed by atoms with E-state index in [2.05, 4.69) is 101 Å². The summed E-state index contributed by atoms with van der Waals surface area (Å²) in [6.45, 7) is 7.44. The Hall–Kier alpha value is -4.58. The van der Waals surface area contributed by atoms with E-state index < -0.39 is 12.1 Å². The van der Waals surface area contributed by atoms with Gasteiger partial charge in [0.1, 0.15) is 18.4 Å². The first-order valence-electron chi connectivity index (χ1n) is 13.7. The molecule has 3 aromatic rings. The van der Waals surface area contributed by atoms with Crippen molar-refractivity contribution in [3.05, 3.63) is 78.4 Å². The molecule has 0 radical (unpaired) electrons. The lowest BCUT2D eigenvalue weighted by Crippen LogP contribution is -2.67. The number of aliphatic carboxylic acids is 1. The molecule has 226 valence electrons. The fourth-order valence-corrected chi connectivity index (χ4v) is 5.56. The van der Waals surface area contributed by atoms with Crippen LogP contribution >= 0.6 is 0 Å². The van der Waals surface area contributed by atoms with E-state index in [4.69, 9.17) is 14.6 Å². The fraction of sp³-hybridized carbons (Fsp3) is 0.323. The molecule has 1 atom stereocenters. The van der Waals surface area contributed by atoms with Gasteiger partial charge in [-0.3, -0.25) is 9.69 Å². The van der Waals surface area contributed by atoms with Gasteiger partial charge in [0.15, 0.2) is 5.84 Å². The first-order chi connectivity index (χ1) is 20.4. The largest absolute Gasteiger partial charge is 0.490 e. The van der Waals surface area contributed by atoms with Crippen LogP contribution in [0.2, 0.25) is 0 Å². The van der Waals surface area contributed by atoms with Crippen LogP contribution in [0.5, 0.6) is 5.75 Å². The number of halogens is 3. The van der Waals surface area contributed by atoms with Crippen molar-refractivity contribution in [2.45, 2.75) is 38.1 Å². The summed E-state index contributed by atoms with van der Waals surface area (Å²) in [6, 6.07) is 25.0. The SMILES string of the molecule is CC1C(=O)NN=C2COc3cc(-c4ccccc4)c(N(C)C4(C)CN(Cc5ccccc5)C4)cc3N21.O=C(O)C(F)(F)F. The Kier molecular flexibility index (Phi) is 8.06. The van der Waals surface area contributed by atoms with Crippen molar-refractivity contribution < 1.29 is 32.6 Å². The second-order valence-electron chi connectivity index (χ2n) is 11.0. The van der Waals surface area contributed by atoms with Crippen LogP contribution in [-0.2, 0) is 16.1 Å².